The van der Waals surface area contributed by atoms with Crippen LogP contribution in [0.2, 0.25) is 0 Å². The molecule has 5 nitrogen and oxygen atoms in total. The van der Waals surface area contributed by atoms with Crippen LogP contribution in [-0.2, 0) is 19.4 Å². The Morgan fingerprint density at radius 2 is 1.85 bits per heavy atom. The van der Waals surface area contributed by atoms with Crippen molar-refractivity contribution in [2.45, 2.75) is 22.5 Å². The molecule has 0 atom stereocenters. The number of hydrogen-bond donors (Lipinski definition) is 1. The number of carboxylic acid groups (broad SMARTS) is 1. The third kappa shape index (κ3) is 2.18. The Labute approximate surface area is 114 Å². The fourth-order valence-electron chi connectivity index (χ4n) is 2.19. The number of rotatable bonds is 3. The quantitative estimate of drug-likeness (QED) is 0.912. The van der Waals surface area contributed by atoms with Gasteiger partial charge in [-0.2, -0.15) is 0 Å². The summed E-state index contributed by atoms with van der Waals surface area (Å²) in [6.45, 7) is -0.134. The van der Waals surface area contributed by atoms with Crippen molar-refractivity contribution < 1.29 is 31.8 Å². The van der Waals surface area contributed by atoms with Crippen LogP contribution in [0.3, 0.4) is 0 Å². The predicted molar refractivity (Wildman–Crippen MR) is 64.0 cm³/mol. The van der Waals surface area contributed by atoms with Gasteiger partial charge in [0.25, 0.3) is 0 Å². The van der Waals surface area contributed by atoms with E-state index in [1.807, 2.05) is 0 Å². The highest BCUT2D eigenvalue weighted by molar-refractivity contribution is 7.93. The number of sulfone groups is 1. The van der Waals surface area contributed by atoms with Crippen LogP contribution in [0.4, 0.5) is 8.78 Å². The van der Waals surface area contributed by atoms with E-state index in [1.165, 1.54) is 0 Å². The predicted octanol–water partition coefficient (Wildman–Crippen LogP) is 1.37. The molecule has 0 aromatic heterocycles. The molecule has 1 fully saturated rings. The second kappa shape index (κ2) is 5.10. The van der Waals surface area contributed by atoms with Gasteiger partial charge in [-0.25, -0.2) is 17.2 Å². The van der Waals surface area contributed by atoms with E-state index in [-0.39, 0.29) is 26.1 Å². The van der Waals surface area contributed by atoms with Gasteiger partial charge in [0.05, 0.1) is 0 Å². The van der Waals surface area contributed by atoms with Crippen LogP contribution < -0.4 is 0 Å². The van der Waals surface area contributed by atoms with Crippen molar-refractivity contribution in [2.75, 3.05) is 13.2 Å². The van der Waals surface area contributed by atoms with Gasteiger partial charge in [-0.05, 0) is 18.2 Å². The minimum absolute atomic E-state index is 0.0670. The Morgan fingerprint density at radius 1 is 1.25 bits per heavy atom. The lowest BCUT2D eigenvalue weighted by Gasteiger charge is -2.32. The average Bonchev–Trinajstić information content (AvgIpc) is 2.41. The van der Waals surface area contributed by atoms with E-state index >= 15 is 0 Å². The van der Waals surface area contributed by atoms with E-state index < -0.39 is 37.1 Å². The Balaban J connectivity index is 2.62. The fraction of sp³-hybridized carbons (Fsp3) is 0.417. The summed E-state index contributed by atoms with van der Waals surface area (Å²) in [4.78, 5) is 10.5. The first-order chi connectivity index (χ1) is 9.31. The van der Waals surface area contributed by atoms with Gasteiger partial charge in [0.15, 0.2) is 14.6 Å². The third-order valence-corrected chi connectivity index (χ3v) is 5.89. The summed E-state index contributed by atoms with van der Waals surface area (Å²) < 4.78 is 54.6. The van der Waals surface area contributed by atoms with Crippen molar-refractivity contribution in [1.82, 2.24) is 0 Å². The second-order valence-corrected chi connectivity index (χ2v) is 6.72. The number of hydrogen-bond acceptors (Lipinski definition) is 4. The topological polar surface area (TPSA) is 80.7 Å². The van der Waals surface area contributed by atoms with Crippen LogP contribution in [0, 0.1) is 11.6 Å². The van der Waals surface area contributed by atoms with E-state index in [0.717, 1.165) is 6.07 Å². The molecule has 1 aliphatic rings. The Hall–Kier alpha value is -1.54. The minimum Gasteiger partial charge on any atom is -0.480 e. The molecule has 1 aliphatic heterocycles. The highest BCUT2D eigenvalue weighted by atomic mass is 32.2. The first-order valence-electron chi connectivity index (χ1n) is 5.82. The number of halogens is 2. The van der Waals surface area contributed by atoms with Crippen molar-refractivity contribution >= 4 is 15.8 Å². The summed E-state index contributed by atoms with van der Waals surface area (Å²) in [5.41, 5.74) is 0. The standard InChI is InChI=1S/C12H12F2O5S/c13-8-1-2-9(14)10(7-8)20(17,18)12(11(15)16)3-5-19-6-4-12/h1-2,7H,3-6H2,(H,15,16). The van der Waals surface area contributed by atoms with Crippen molar-refractivity contribution in [3.63, 3.8) is 0 Å². The molecule has 1 aromatic carbocycles. The number of ether oxygens (including phenoxy) is 1. The van der Waals surface area contributed by atoms with Gasteiger partial charge in [0, 0.05) is 26.1 Å². The lowest BCUT2D eigenvalue weighted by molar-refractivity contribution is -0.142. The summed E-state index contributed by atoms with van der Waals surface area (Å²) in [5.74, 6) is -3.69. The summed E-state index contributed by atoms with van der Waals surface area (Å²) >= 11 is 0. The molecule has 0 aliphatic carbocycles. The average molecular weight is 306 g/mol. The van der Waals surface area contributed by atoms with Gasteiger partial charge in [-0.3, -0.25) is 4.79 Å². The SMILES string of the molecule is O=C(O)C1(S(=O)(=O)c2cc(F)ccc2F)CCOCC1. The number of benzene rings is 1. The molecular weight excluding hydrogens is 294 g/mol. The van der Waals surface area contributed by atoms with Crippen LogP contribution in [0.5, 0.6) is 0 Å². The van der Waals surface area contributed by atoms with E-state index in [9.17, 15) is 27.1 Å². The first-order valence-corrected chi connectivity index (χ1v) is 7.30. The normalized spacial score (nSPS) is 18.7. The maximum Gasteiger partial charge on any atom is 0.325 e. The second-order valence-electron chi connectivity index (χ2n) is 4.49. The smallest absolute Gasteiger partial charge is 0.325 e. The number of carboxylic acids is 1. The molecule has 0 spiro atoms. The molecule has 20 heavy (non-hydrogen) atoms. The number of aliphatic carboxylic acids is 1. The van der Waals surface area contributed by atoms with Gasteiger partial charge >= 0.3 is 5.97 Å². The van der Waals surface area contributed by atoms with E-state index in [0.29, 0.717) is 12.1 Å². The summed E-state index contributed by atoms with van der Waals surface area (Å²) in [6, 6.07) is 1.94. The van der Waals surface area contributed by atoms with Crippen molar-refractivity contribution in [3.8, 4) is 0 Å². The van der Waals surface area contributed by atoms with Crippen molar-refractivity contribution in [2.24, 2.45) is 0 Å². The van der Waals surface area contributed by atoms with Crippen molar-refractivity contribution in [1.29, 1.82) is 0 Å². The zero-order valence-electron chi connectivity index (χ0n) is 10.3. The summed E-state index contributed by atoms with van der Waals surface area (Å²) in [7, 11) is -4.57. The van der Waals surface area contributed by atoms with Gasteiger partial charge in [-0.15, -0.1) is 0 Å². The van der Waals surface area contributed by atoms with Crippen LogP contribution in [0.15, 0.2) is 23.1 Å². The van der Waals surface area contributed by atoms with Crippen LogP contribution in [-0.4, -0.2) is 37.5 Å². The molecule has 2 rings (SSSR count). The Morgan fingerprint density at radius 3 is 2.40 bits per heavy atom. The Kier molecular flexibility index (Phi) is 3.79. The molecule has 0 unspecified atom stereocenters. The molecule has 0 radical (unpaired) electrons. The lowest BCUT2D eigenvalue weighted by atomic mass is 9.99. The number of carbonyl (C=O) groups is 1. The van der Waals surface area contributed by atoms with E-state index in [2.05, 4.69) is 0 Å². The zero-order valence-corrected chi connectivity index (χ0v) is 11.1. The molecule has 110 valence electrons. The largest absolute Gasteiger partial charge is 0.480 e. The molecule has 0 amide bonds. The van der Waals surface area contributed by atoms with E-state index in [1.54, 1.807) is 0 Å². The maximum absolute atomic E-state index is 13.7. The molecule has 1 N–H and O–H groups in total. The highest BCUT2D eigenvalue weighted by Gasteiger charge is 2.53. The molecule has 0 bridgehead atoms. The van der Waals surface area contributed by atoms with Crippen molar-refractivity contribution in [3.05, 3.63) is 29.8 Å². The fourth-order valence-corrected chi connectivity index (χ4v) is 4.14. The lowest BCUT2D eigenvalue weighted by Crippen LogP contribution is -2.50. The zero-order chi connectivity index (χ0) is 15.0. The van der Waals surface area contributed by atoms with Gasteiger partial charge < -0.3 is 9.84 Å². The first kappa shape index (κ1) is 14.9. The summed E-state index contributed by atoms with van der Waals surface area (Å²) in [5, 5.41) is 9.29. The van der Waals surface area contributed by atoms with E-state index in [4.69, 9.17) is 4.74 Å². The van der Waals surface area contributed by atoms with Crippen LogP contribution in [0.25, 0.3) is 0 Å². The molecular formula is C12H12F2O5S. The maximum atomic E-state index is 13.7. The summed E-state index contributed by atoms with van der Waals surface area (Å²) in [6.07, 6.45) is -0.610. The Bertz CT molecular complexity index is 635. The van der Waals surface area contributed by atoms with Crippen LogP contribution >= 0.6 is 0 Å². The molecule has 8 heteroatoms. The monoisotopic (exact) mass is 306 g/mol. The highest BCUT2D eigenvalue weighted by Crippen LogP contribution is 2.36. The minimum atomic E-state index is -4.57. The molecule has 1 heterocycles. The third-order valence-electron chi connectivity index (χ3n) is 3.39. The van der Waals surface area contributed by atoms with Gasteiger partial charge in [0.1, 0.15) is 16.5 Å². The van der Waals surface area contributed by atoms with Crippen LogP contribution in [0.1, 0.15) is 12.8 Å². The molecule has 1 saturated heterocycles. The van der Waals surface area contributed by atoms with Gasteiger partial charge in [-0.1, -0.05) is 0 Å². The molecule has 0 saturated carbocycles. The molecule has 1 aromatic rings. The van der Waals surface area contributed by atoms with Gasteiger partial charge in [0.2, 0.25) is 0 Å².